The van der Waals surface area contributed by atoms with Gasteiger partial charge in [0.1, 0.15) is 0 Å². The van der Waals surface area contributed by atoms with Crippen molar-refractivity contribution in [1.29, 1.82) is 0 Å². The minimum atomic E-state index is 0.542. The minimum Gasteiger partial charge on any atom is -0.0649 e. The van der Waals surface area contributed by atoms with Crippen molar-refractivity contribution in [3.8, 4) is 0 Å². The molecule has 0 saturated heterocycles. The monoisotopic (exact) mass is 142 g/mol. The molecule has 0 aromatic heterocycles. The molecule has 1 aliphatic rings. The third-order valence-electron chi connectivity index (χ3n) is 2.06. The van der Waals surface area contributed by atoms with Crippen LogP contribution < -0.4 is 0 Å². The number of rotatable bonds is 0. The van der Waals surface area contributed by atoms with Gasteiger partial charge in [-0.25, -0.2) is 0 Å². The predicted octanol–water partition coefficient (Wildman–Crippen LogP) is 4.00. The molecule has 0 aromatic rings. The first-order chi connectivity index (χ1) is 4.56. The van der Waals surface area contributed by atoms with Gasteiger partial charge in [-0.05, 0) is 5.41 Å². The van der Waals surface area contributed by atoms with Crippen LogP contribution in [0.15, 0.2) is 0 Å². The Morgan fingerprint density at radius 2 is 1.10 bits per heavy atom. The Labute approximate surface area is 66.0 Å². The van der Waals surface area contributed by atoms with Crippen LogP contribution in [-0.2, 0) is 0 Å². The van der Waals surface area contributed by atoms with E-state index in [1.807, 2.05) is 0 Å². The molecule has 0 aliphatic heterocycles. The van der Waals surface area contributed by atoms with Crippen LogP contribution in [0, 0.1) is 5.41 Å². The highest BCUT2D eigenvalue weighted by molar-refractivity contribution is 4.55. The SMILES string of the molecule is C1CCC1.CCC(C)(C)C. The Hall–Kier alpha value is 0. The maximum Gasteiger partial charge on any atom is -0.0385 e. The van der Waals surface area contributed by atoms with Crippen molar-refractivity contribution in [2.45, 2.75) is 59.8 Å². The summed E-state index contributed by atoms with van der Waals surface area (Å²) in [7, 11) is 0. The van der Waals surface area contributed by atoms with Crippen LogP contribution in [0.4, 0.5) is 0 Å². The van der Waals surface area contributed by atoms with Gasteiger partial charge in [-0.15, -0.1) is 0 Å². The molecule has 0 amide bonds. The van der Waals surface area contributed by atoms with Crippen molar-refractivity contribution >= 4 is 0 Å². The van der Waals surface area contributed by atoms with E-state index in [1.165, 1.54) is 32.1 Å². The summed E-state index contributed by atoms with van der Waals surface area (Å²) >= 11 is 0. The lowest BCUT2D eigenvalue weighted by Gasteiger charge is -2.12. The molecule has 1 saturated carbocycles. The second-order valence-electron chi connectivity index (χ2n) is 4.33. The van der Waals surface area contributed by atoms with Crippen molar-refractivity contribution in [1.82, 2.24) is 0 Å². The quantitative estimate of drug-likeness (QED) is 0.479. The van der Waals surface area contributed by atoms with Crippen LogP contribution in [-0.4, -0.2) is 0 Å². The van der Waals surface area contributed by atoms with Gasteiger partial charge in [0.2, 0.25) is 0 Å². The van der Waals surface area contributed by atoms with Crippen LogP contribution in [0.3, 0.4) is 0 Å². The number of hydrogen-bond donors (Lipinski definition) is 0. The minimum absolute atomic E-state index is 0.542. The Morgan fingerprint density at radius 1 is 0.900 bits per heavy atom. The summed E-state index contributed by atoms with van der Waals surface area (Å²) in [5, 5.41) is 0. The van der Waals surface area contributed by atoms with E-state index in [2.05, 4.69) is 27.7 Å². The third-order valence-corrected chi connectivity index (χ3v) is 2.06. The van der Waals surface area contributed by atoms with Gasteiger partial charge in [0.05, 0.1) is 0 Å². The fourth-order valence-electron chi connectivity index (χ4n) is 0.250. The number of hydrogen-bond acceptors (Lipinski definition) is 0. The summed E-state index contributed by atoms with van der Waals surface area (Å²) in [4.78, 5) is 0. The fraction of sp³-hybridized carbons (Fsp3) is 1.00. The lowest BCUT2D eigenvalue weighted by atomic mass is 9.94. The Bertz CT molecular complexity index is 58.6. The van der Waals surface area contributed by atoms with Crippen LogP contribution in [0.25, 0.3) is 0 Å². The molecule has 0 radical (unpaired) electrons. The van der Waals surface area contributed by atoms with E-state index in [1.54, 1.807) is 0 Å². The molecule has 0 spiro atoms. The maximum atomic E-state index is 2.24. The summed E-state index contributed by atoms with van der Waals surface area (Å²) in [5.74, 6) is 0. The molecule has 1 rings (SSSR count). The van der Waals surface area contributed by atoms with Crippen LogP contribution in [0.5, 0.6) is 0 Å². The zero-order chi connectivity index (χ0) is 8.04. The zero-order valence-corrected chi connectivity index (χ0v) is 8.04. The first kappa shape index (κ1) is 10.0. The summed E-state index contributed by atoms with van der Waals surface area (Å²) in [5.41, 5.74) is 0.542. The van der Waals surface area contributed by atoms with E-state index in [4.69, 9.17) is 0 Å². The van der Waals surface area contributed by atoms with E-state index < -0.39 is 0 Å². The van der Waals surface area contributed by atoms with Crippen LogP contribution >= 0.6 is 0 Å². The molecule has 0 atom stereocenters. The van der Waals surface area contributed by atoms with Gasteiger partial charge >= 0.3 is 0 Å². The highest BCUT2D eigenvalue weighted by atomic mass is 14.1. The van der Waals surface area contributed by atoms with E-state index in [0.29, 0.717) is 5.41 Å². The molecule has 10 heavy (non-hydrogen) atoms. The predicted molar refractivity (Wildman–Crippen MR) is 48.2 cm³/mol. The smallest absolute Gasteiger partial charge is 0.0385 e. The third kappa shape index (κ3) is 8.00. The Morgan fingerprint density at radius 3 is 1.10 bits per heavy atom. The average Bonchev–Trinajstić information content (AvgIpc) is 1.59. The molecule has 62 valence electrons. The van der Waals surface area contributed by atoms with Gasteiger partial charge in [0, 0.05) is 0 Å². The van der Waals surface area contributed by atoms with Gasteiger partial charge in [0.15, 0.2) is 0 Å². The molecule has 0 nitrogen and oxygen atoms in total. The lowest BCUT2D eigenvalue weighted by Crippen LogP contribution is -2.00. The summed E-state index contributed by atoms with van der Waals surface area (Å²) < 4.78 is 0. The van der Waals surface area contributed by atoms with Crippen molar-refractivity contribution < 1.29 is 0 Å². The zero-order valence-electron chi connectivity index (χ0n) is 8.04. The summed E-state index contributed by atoms with van der Waals surface area (Å²) in [6.07, 6.45) is 7.27. The lowest BCUT2D eigenvalue weighted by molar-refractivity contribution is 0.398. The van der Waals surface area contributed by atoms with Crippen molar-refractivity contribution in [2.24, 2.45) is 5.41 Å². The molecular weight excluding hydrogens is 120 g/mol. The molecule has 0 unspecified atom stereocenters. The summed E-state index contributed by atoms with van der Waals surface area (Å²) in [6.45, 7) is 8.94. The van der Waals surface area contributed by atoms with Crippen LogP contribution in [0.1, 0.15) is 59.8 Å². The van der Waals surface area contributed by atoms with Gasteiger partial charge in [-0.3, -0.25) is 0 Å². The molecule has 0 heterocycles. The molecule has 1 fully saturated rings. The van der Waals surface area contributed by atoms with Crippen molar-refractivity contribution in [3.05, 3.63) is 0 Å². The first-order valence-corrected chi connectivity index (χ1v) is 4.56. The first-order valence-electron chi connectivity index (χ1n) is 4.56. The molecule has 0 N–H and O–H groups in total. The highest BCUT2D eigenvalue weighted by Gasteiger charge is 2.03. The Kier molecular flexibility index (Phi) is 4.76. The molecule has 0 heteroatoms. The second-order valence-corrected chi connectivity index (χ2v) is 4.33. The maximum absolute atomic E-state index is 2.24. The Balaban J connectivity index is 0.000000172. The summed E-state index contributed by atoms with van der Waals surface area (Å²) in [6, 6.07) is 0. The molecule has 0 aromatic carbocycles. The average molecular weight is 142 g/mol. The van der Waals surface area contributed by atoms with Crippen molar-refractivity contribution in [3.63, 3.8) is 0 Å². The van der Waals surface area contributed by atoms with Crippen molar-refractivity contribution in [2.75, 3.05) is 0 Å². The van der Waals surface area contributed by atoms with Gasteiger partial charge < -0.3 is 0 Å². The highest BCUT2D eigenvalue weighted by Crippen LogP contribution is 2.16. The fourth-order valence-corrected chi connectivity index (χ4v) is 0.250. The van der Waals surface area contributed by atoms with E-state index in [-0.39, 0.29) is 0 Å². The van der Waals surface area contributed by atoms with E-state index in [9.17, 15) is 0 Å². The van der Waals surface area contributed by atoms with Gasteiger partial charge in [0.25, 0.3) is 0 Å². The topological polar surface area (TPSA) is 0 Å². The van der Waals surface area contributed by atoms with Crippen LogP contribution in [0.2, 0.25) is 0 Å². The van der Waals surface area contributed by atoms with Gasteiger partial charge in [-0.1, -0.05) is 59.8 Å². The molecule has 1 aliphatic carbocycles. The van der Waals surface area contributed by atoms with Gasteiger partial charge in [-0.2, -0.15) is 0 Å². The second kappa shape index (κ2) is 4.76. The molecule has 0 bridgehead atoms. The normalized spacial score (nSPS) is 16.8. The van der Waals surface area contributed by atoms with E-state index >= 15 is 0 Å². The standard InChI is InChI=1S/C6H14.C4H8/c1-5-6(2,3)4;1-2-4-3-1/h5H2,1-4H3;1-4H2. The van der Waals surface area contributed by atoms with E-state index in [0.717, 1.165) is 0 Å². The largest absolute Gasteiger partial charge is 0.0649 e. The molecular formula is C10H22.